The minimum atomic E-state index is -0.847. The molecule has 0 saturated heterocycles. The van der Waals surface area contributed by atoms with Crippen molar-refractivity contribution in [3.8, 4) is 11.8 Å². The van der Waals surface area contributed by atoms with Crippen molar-refractivity contribution in [2.75, 3.05) is 6.54 Å². The molecular formula is C31H33N5O3. The van der Waals surface area contributed by atoms with Crippen molar-refractivity contribution < 1.29 is 14.6 Å². The van der Waals surface area contributed by atoms with E-state index < -0.39 is 11.6 Å². The fourth-order valence-electron chi connectivity index (χ4n) is 5.65. The normalized spacial score (nSPS) is 15.7. The second-order valence-electron chi connectivity index (χ2n) is 11.1. The van der Waals surface area contributed by atoms with E-state index in [0.29, 0.717) is 25.2 Å². The number of nitrogens with zero attached hydrogens (tertiary/aromatic N) is 5. The average Bonchev–Trinajstić information content (AvgIpc) is 3.20. The van der Waals surface area contributed by atoms with E-state index in [0.717, 1.165) is 50.2 Å². The van der Waals surface area contributed by atoms with Crippen LogP contribution in [-0.4, -0.2) is 43.1 Å². The van der Waals surface area contributed by atoms with Gasteiger partial charge in [-0.2, -0.15) is 5.26 Å². The summed E-state index contributed by atoms with van der Waals surface area (Å²) in [6.45, 7) is 10.3. The van der Waals surface area contributed by atoms with Crippen LogP contribution in [0.4, 0.5) is 0 Å². The fraction of sp³-hybridized carbons (Fsp3) is 0.355. The molecule has 0 spiro atoms. The van der Waals surface area contributed by atoms with Gasteiger partial charge in [-0.05, 0) is 73.7 Å². The summed E-state index contributed by atoms with van der Waals surface area (Å²) in [6, 6.07) is 18.1. The molecule has 1 N–H and O–H groups in total. The maximum absolute atomic E-state index is 12.0. The van der Waals surface area contributed by atoms with E-state index in [-0.39, 0.29) is 12.3 Å². The van der Waals surface area contributed by atoms with Gasteiger partial charge >= 0.3 is 5.97 Å². The summed E-state index contributed by atoms with van der Waals surface area (Å²) in [5.41, 5.74) is 8.07. The molecule has 1 aliphatic heterocycles. The molecule has 0 bridgehead atoms. The number of carboxylic acids is 1. The van der Waals surface area contributed by atoms with E-state index in [1.807, 2.05) is 50.4 Å². The molecule has 2 heterocycles. The third-order valence-electron chi connectivity index (χ3n) is 7.58. The predicted molar refractivity (Wildman–Crippen MR) is 148 cm³/mol. The summed E-state index contributed by atoms with van der Waals surface area (Å²) in [5, 5.41) is 27.6. The molecule has 1 atom stereocenters. The van der Waals surface area contributed by atoms with Gasteiger partial charge in [0.05, 0.1) is 23.6 Å². The average molecular weight is 524 g/mol. The van der Waals surface area contributed by atoms with E-state index in [1.165, 1.54) is 0 Å². The lowest BCUT2D eigenvalue weighted by Gasteiger charge is -2.30. The van der Waals surface area contributed by atoms with E-state index in [9.17, 15) is 15.2 Å². The maximum atomic E-state index is 12.0. The number of carbonyl (C=O) groups is 1. The lowest BCUT2D eigenvalue weighted by Crippen LogP contribution is -2.40. The molecule has 0 radical (unpaired) electrons. The number of nitriles is 1. The molecule has 0 amide bonds. The Balaban J connectivity index is 1.50. The molecule has 0 fully saturated rings. The first-order chi connectivity index (χ1) is 18.5. The van der Waals surface area contributed by atoms with Crippen LogP contribution >= 0.6 is 0 Å². The molecule has 1 aromatic heterocycles. The van der Waals surface area contributed by atoms with Crippen LogP contribution in [0, 0.1) is 25.2 Å². The van der Waals surface area contributed by atoms with Gasteiger partial charge in [0.25, 0.3) is 0 Å². The van der Waals surface area contributed by atoms with E-state index >= 15 is 0 Å². The Bertz CT molecular complexity index is 1610. The van der Waals surface area contributed by atoms with Crippen molar-refractivity contribution in [2.45, 2.75) is 58.7 Å². The fourth-order valence-corrected chi connectivity index (χ4v) is 5.65. The standard InChI is InChI=1S/C31H33N5O3/c1-19-6-8-22(26(14-29(37)38)25-10-11-27-30(20(25)2)33-34-35(27)5)13-24(19)17-36-16-23-9-7-21(15-32)12-28(23)39-31(3,4)18-36/h6-13,26H,14,16-18H2,1-5H3,(H,37,38)/t26-/m1/s1. The monoisotopic (exact) mass is 523 g/mol. The Morgan fingerprint density at radius 1 is 1.18 bits per heavy atom. The number of fused-ring (bicyclic) bond motifs is 2. The Morgan fingerprint density at radius 2 is 1.97 bits per heavy atom. The molecule has 5 rings (SSSR count). The molecule has 0 saturated carbocycles. The largest absolute Gasteiger partial charge is 0.486 e. The first-order valence-electron chi connectivity index (χ1n) is 13.1. The van der Waals surface area contributed by atoms with Gasteiger partial charge in [0.15, 0.2) is 0 Å². The van der Waals surface area contributed by atoms with Crippen LogP contribution in [-0.2, 0) is 24.9 Å². The zero-order valence-corrected chi connectivity index (χ0v) is 23.0. The van der Waals surface area contributed by atoms with Gasteiger partial charge in [-0.25, -0.2) is 4.68 Å². The van der Waals surface area contributed by atoms with Gasteiger partial charge in [-0.3, -0.25) is 9.69 Å². The Hall–Kier alpha value is -4.22. The SMILES string of the molecule is Cc1ccc([C@@H](CC(=O)O)c2ccc3c(nnn3C)c2C)cc1CN1Cc2ccc(C#N)cc2OC(C)(C)C1. The lowest BCUT2D eigenvalue weighted by atomic mass is 9.84. The predicted octanol–water partition coefficient (Wildman–Crippen LogP) is 5.24. The number of hydrogen-bond acceptors (Lipinski definition) is 6. The summed E-state index contributed by atoms with van der Waals surface area (Å²) in [6.07, 6.45) is -0.0195. The highest BCUT2D eigenvalue weighted by Gasteiger charge is 2.30. The summed E-state index contributed by atoms with van der Waals surface area (Å²) < 4.78 is 8.06. The topological polar surface area (TPSA) is 104 Å². The van der Waals surface area contributed by atoms with Crippen molar-refractivity contribution in [3.05, 3.63) is 87.5 Å². The van der Waals surface area contributed by atoms with E-state index in [2.05, 4.69) is 54.2 Å². The number of aromatic nitrogens is 3. The molecule has 0 aliphatic carbocycles. The maximum Gasteiger partial charge on any atom is 0.304 e. The van der Waals surface area contributed by atoms with Gasteiger partial charge in [-0.1, -0.05) is 35.5 Å². The number of hydrogen-bond donors (Lipinski definition) is 1. The highest BCUT2D eigenvalue weighted by molar-refractivity contribution is 5.80. The number of rotatable bonds is 6. The minimum Gasteiger partial charge on any atom is -0.486 e. The number of benzene rings is 3. The van der Waals surface area contributed by atoms with Crippen LogP contribution in [0.3, 0.4) is 0 Å². The van der Waals surface area contributed by atoms with Gasteiger partial charge in [0.2, 0.25) is 0 Å². The quantitative estimate of drug-likeness (QED) is 0.369. The lowest BCUT2D eigenvalue weighted by molar-refractivity contribution is -0.137. The van der Waals surface area contributed by atoms with Gasteiger partial charge in [0.1, 0.15) is 16.9 Å². The van der Waals surface area contributed by atoms with Gasteiger partial charge < -0.3 is 9.84 Å². The van der Waals surface area contributed by atoms with Crippen LogP contribution in [0.2, 0.25) is 0 Å². The molecule has 8 nitrogen and oxygen atoms in total. The van der Waals surface area contributed by atoms with Crippen molar-refractivity contribution >= 4 is 17.0 Å². The summed E-state index contributed by atoms with van der Waals surface area (Å²) in [5.74, 6) is -0.411. The highest BCUT2D eigenvalue weighted by atomic mass is 16.5. The molecule has 39 heavy (non-hydrogen) atoms. The number of ether oxygens (including phenoxy) is 1. The smallest absolute Gasteiger partial charge is 0.304 e. The van der Waals surface area contributed by atoms with Crippen molar-refractivity contribution in [1.29, 1.82) is 5.26 Å². The van der Waals surface area contributed by atoms with Crippen molar-refractivity contribution in [2.24, 2.45) is 7.05 Å². The number of aryl methyl sites for hydroxylation is 3. The number of carboxylic acid groups (broad SMARTS) is 1. The highest BCUT2D eigenvalue weighted by Crippen LogP contribution is 2.35. The van der Waals surface area contributed by atoms with Gasteiger partial charge in [0, 0.05) is 38.2 Å². The second-order valence-corrected chi connectivity index (χ2v) is 11.1. The molecule has 4 aromatic rings. The Kier molecular flexibility index (Phi) is 6.87. The summed E-state index contributed by atoms with van der Waals surface area (Å²) in [7, 11) is 1.85. The summed E-state index contributed by atoms with van der Waals surface area (Å²) >= 11 is 0. The Labute approximate surface area is 228 Å². The molecule has 3 aromatic carbocycles. The minimum absolute atomic E-state index is 0.0195. The van der Waals surface area contributed by atoms with E-state index in [1.54, 1.807) is 4.68 Å². The molecule has 8 heteroatoms. The molecule has 1 aliphatic rings. The third kappa shape index (κ3) is 5.36. The zero-order chi connectivity index (χ0) is 27.9. The van der Waals surface area contributed by atoms with Crippen molar-refractivity contribution in [1.82, 2.24) is 19.9 Å². The van der Waals surface area contributed by atoms with E-state index in [4.69, 9.17) is 4.74 Å². The second kappa shape index (κ2) is 10.2. The molecule has 0 unspecified atom stereocenters. The Morgan fingerprint density at radius 3 is 2.72 bits per heavy atom. The van der Waals surface area contributed by atoms with Crippen molar-refractivity contribution in [3.63, 3.8) is 0 Å². The van der Waals surface area contributed by atoms with Gasteiger partial charge in [-0.15, -0.1) is 5.10 Å². The van der Waals surface area contributed by atoms with Crippen LogP contribution in [0.25, 0.3) is 11.0 Å². The molecule has 200 valence electrons. The summed E-state index contributed by atoms with van der Waals surface area (Å²) in [4.78, 5) is 14.4. The third-order valence-corrected chi connectivity index (χ3v) is 7.58. The van der Waals surface area contributed by atoms with Crippen LogP contribution in [0.5, 0.6) is 5.75 Å². The first-order valence-corrected chi connectivity index (χ1v) is 13.1. The zero-order valence-electron chi connectivity index (χ0n) is 23.0. The first kappa shape index (κ1) is 26.4. The number of aliphatic carboxylic acids is 1. The van der Waals surface area contributed by atoms with Crippen LogP contribution in [0.1, 0.15) is 65.1 Å². The molecular weight excluding hydrogens is 490 g/mol. The van der Waals surface area contributed by atoms with Crippen LogP contribution in [0.15, 0.2) is 48.5 Å². The van der Waals surface area contributed by atoms with Crippen LogP contribution < -0.4 is 4.74 Å².